The van der Waals surface area contributed by atoms with Crippen molar-refractivity contribution in [2.45, 2.75) is 59.3 Å². The number of hydrogen-bond donors (Lipinski definition) is 0. The minimum absolute atomic E-state index is 0.854. The minimum Gasteiger partial charge on any atom is -0.448 e. The van der Waals surface area contributed by atoms with Crippen molar-refractivity contribution >= 4 is 22.9 Å². The van der Waals surface area contributed by atoms with E-state index in [0.717, 1.165) is 0 Å². The van der Waals surface area contributed by atoms with Crippen LogP contribution < -0.4 is 0 Å². The van der Waals surface area contributed by atoms with E-state index in [-0.39, 0.29) is 0 Å². The molecule has 0 aliphatic carbocycles. The molecule has 0 fully saturated rings. The molecule has 0 radical (unpaired) electrons. The summed E-state index contributed by atoms with van der Waals surface area (Å²) in [5.74, 6) is 0. The van der Waals surface area contributed by atoms with Gasteiger partial charge in [0.1, 0.15) is 0 Å². The lowest BCUT2D eigenvalue weighted by atomic mass is 9.98. The molecule has 0 bridgehead atoms. The molecule has 0 unspecified atom stereocenters. The lowest BCUT2D eigenvalue weighted by Gasteiger charge is -2.34. The molecule has 0 aromatic heterocycles. The van der Waals surface area contributed by atoms with Gasteiger partial charge < -0.3 is 17.4 Å². The Kier molecular flexibility index (Phi) is 14.7. The Bertz CT molecular complexity index is 191. The van der Waals surface area contributed by atoms with Gasteiger partial charge in [0, 0.05) is 0 Å². The molecule has 0 rings (SSSR count). The van der Waals surface area contributed by atoms with Gasteiger partial charge in [0.15, 0.2) is 0 Å². The predicted molar refractivity (Wildman–Crippen MR) is 88.4 cm³/mol. The molecule has 0 aromatic rings. The Hall–Kier alpha value is 0.295. The zero-order chi connectivity index (χ0) is 16.1. The number of hydrogen-bond acceptors (Lipinski definition) is 0. The fourth-order valence-corrected chi connectivity index (χ4v) is 1.95. The van der Waals surface area contributed by atoms with Crippen LogP contribution in [0.3, 0.4) is 0 Å². The summed E-state index contributed by atoms with van der Waals surface area (Å²) in [6.07, 6.45) is 8.20. The first-order valence-corrected chi connectivity index (χ1v) is 8.97. The summed E-state index contributed by atoms with van der Waals surface area (Å²) in [5, 5.41) is -0.854. The van der Waals surface area contributed by atoms with Crippen LogP contribution in [0, 0.1) is 0 Å². The van der Waals surface area contributed by atoms with Crippen LogP contribution in [0.2, 0.25) is 0 Å². The van der Waals surface area contributed by atoms with E-state index in [1.54, 1.807) is 0 Å². The fourth-order valence-electron chi connectivity index (χ4n) is 1.95. The Balaban J connectivity index is 0. The Morgan fingerprint density at radius 1 is 0.800 bits per heavy atom. The maximum Gasteiger partial charge on any atom is 0.488 e. The summed E-state index contributed by atoms with van der Waals surface area (Å²) in [5.41, 5.74) is 0. The SMILES string of the molecule is CCCC[N+](C)(CCCC)CCCC.F[B-](F)(F)CBr. The van der Waals surface area contributed by atoms with Crippen molar-refractivity contribution in [1.82, 2.24) is 0 Å². The lowest BCUT2D eigenvalue weighted by molar-refractivity contribution is -0.910. The molecule has 0 N–H and O–H groups in total. The van der Waals surface area contributed by atoms with E-state index in [1.807, 2.05) is 0 Å². The van der Waals surface area contributed by atoms with Crippen LogP contribution in [0.1, 0.15) is 59.3 Å². The quantitative estimate of drug-likeness (QED) is 0.270. The van der Waals surface area contributed by atoms with Crippen LogP contribution in [0.4, 0.5) is 12.9 Å². The summed E-state index contributed by atoms with van der Waals surface area (Å²) in [6, 6.07) is 0. The lowest BCUT2D eigenvalue weighted by Crippen LogP contribution is -2.46. The highest BCUT2D eigenvalue weighted by atomic mass is 79.9. The molecule has 0 amide bonds. The summed E-state index contributed by atoms with van der Waals surface area (Å²) in [7, 11) is 2.45. The third-order valence-electron chi connectivity index (χ3n) is 3.33. The van der Waals surface area contributed by atoms with Crippen molar-refractivity contribution in [3.05, 3.63) is 0 Å². The highest BCUT2D eigenvalue weighted by Gasteiger charge is 2.19. The van der Waals surface area contributed by atoms with E-state index < -0.39 is 12.2 Å². The second-order valence-corrected chi connectivity index (χ2v) is 6.36. The Labute approximate surface area is 132 Å². The molecule has 6 heteroatoms. The van der Waals surface area contributed by atoms with Crippen molar-refractivity contribution < 1.29 is 17.4 Å². The van der Waals surface area contributed by atoms with E-state index in [2.05, 4.69) is 43.7 Å². The van der Waals surface area contributed by atoms with Gasteiger partial charge in [0.05, 0.1) is 26.7 Å². The standard InChI is InChI=1S/C13H30N.CH2BBrF3/c1-5-8-11-14(4,12-9-6-2)13-10-7-3;3-1-2(4,5)6/h5-13H2,1-4H3;1H2/q+1;-1. The molecule has 0 spiro atoms. The number of quaternary nitrogens is 1. The number of unbranched alkanes of at least 4 members (excludes halogenated alkanes) is 3. The van der Waals surface area contributed by atoms with Crippen molar-refractivity contribution in [3.63, 3.8) is 0 Å². The van der Waals surface area contributed by atoms with Crippen LogP contribution in [0.15, 0.2) is 0 Å². The Morgan fingerprint density at radius 2 is 1.05 bits per heavy atom. The zero-order valence-corrected chi connectivity index (χ0v) is 15.2. The molecule has 0 aromatic carbocycles. The van der Waals surface area contributed by atoms with Crippen molar-refractivity contribution in [2.24, 2.45) is 0 Å². The first-order chi connectivity index (χ1) is 9.24. The largest absolute Gasteiger partial charge is 0.488 e. The highest BCUT2D eigenvalue weighted by Crippen LogP contribution is 2.11. The number of alkyl halides is 1. The smallest absolute Gasteiger partial charge is 0.448 e. The maximum atomic E-state index is 10.8. The van der Waals surface area contributed by atoms with Gasteiger partial charge in [0.25, 0.3) is 0 Å². The molecule has 0 saturated carbocycles. The monoisotopic (exact) mass is 361 g/mol. The average Bonchev–Trinajstić information content (AvgIpc) is 2.41. The summed E-state index contributed by atoms with van der Waals surface area (Å²) in [4.78, 5) is 0. The van der Waals surface area contributed by atoms with Gasteiger partial charge in [-0.05, 0) is 24.5 Å². The third kappa shape index (κ3) is 16.3. The van der Waals surface area contributed by atoms with Crippen LogP contribution in [-0.4, -0.2) is 43.4 Å². The molecule has 0 aliphatic rings. The summed E-state index contributed by atoms with van der Waals surface area (Å²) in [6.45, 7) is 6.47. The molecular weight excluding hydrogens is 330 g/mol. The van der Waals surface area contributed by atoms with Crippen LogP contribution in [0.5, 0.6) is 0 Å². The average molecular weight is 362 g/mol. The van der Waals surface area contributed by atoms with Gasteiger partial charge in [-0.15, -0.1) is 15.9 Å². The van der Waals surface area contributed by atoms with Gasteiger partial charge in [-0.2, -0.15) is 0 Å². The van der Waals surface area contributed by atoms with Crippen molar-refractivity contribution in [3.8, 4) is 0 Å². The van der Waals surface area contributed by atoms with Gasteiger partial charge in [0.2, 0.25) is 0 Å². The van der Waals surface area contributed by atoms with E-state index in [1.165, 1.54) is 62.6 Å². The van der Waals surface area contributed by atoms with E-state index in [4.69, 9.17) is 0 Å². The highest BCUT2D eigenvalue weighted by molar-refractivity contribution is 9.09. The van der Waals surface area contributed by atoms with Crippen LogP contribution >= 0.6 is 15.9 Å². The van der Waals surface area contributed by atoms with Gasteiger partial charge in [-0.3, -0.25) is 0 Å². The topological polar surface area (TPSA) is 0 Å². The fraction of sp³-hybridized carbons (Fsp3) is 1.00. The number of halogens is 4. The van der Waals surface area contributed by atoms with Crippen molar-refractivity contribution in [2.75, 3.05) is 31.9 Å². The molecule has 0 atom stereocenters. The summed E-state index contributed by atoms with van der Waals surface area (Å²) >= 11 is 2.27. The molecule has 1 nitrogen and oxygen atoms in total. The second kappa shape index (κ2) is 13.0. The first kappa shape index (κ1) is 22.6. The van der Waals surface area contributed by atoms with Crippen molar-refractivity contribution in [1.29, 1.82) is 0 Å². The summed E-state index contributed by atoms with van der Waals surface area (Å²) < 4.78 is 33.7. The zero-order valence-electron chi connectivity index (χ0n) is 13.6. The molecular formula is C14H32BBrF3N. The Morgan fingerprint density at radius 3 is 1.20 bits per heavy atom. The minimum atomic E-state index is -4.57. The molecule has 0 heterocycles. The van der Waals surface area contributed by atoms with E-state index in [9.17, 15) is 12.9 Å². The van der Waals surface area contributed by atoms with E-state index in [0.29, 0.717) is 0 Å². The van der Waals surface area contributed by atoms with Gasteiger partial charge in [-0.25, -0.2) is 0 Å². The second-order valence-electron chi connectivity index (χ2n) is 5.72. The first-order valence-electron chi connectivity index (χ1n) is 7.85. The van der Waals surface area contributed by atoms with E-state index >= 15 is 0 Å². The predicted octanol–water partition coefficient (Wildman–Crippen LogP) is 5.60. The number of rotatable bonds is 10. The molecule has 0 saturated heterocycles. The molecule has 0 aliphatic heterocycles. The number of nitrogens with zero attached hydrogens (tertiary/aromatic N) is 1. The molecule has 20 heavy (non-hydrogen) atoms. The van der Waals surface area contributed by atoms with Crippen LogP contribution in [0.25, 0.3) is 0 Å². The van der Waals surface area contributed by atoms with Gasteiger partial charge in [-0.1, -0.05) is 40.0 Å². The normalized spacial score (nSPS) is 12.0. The maximum absolute atomic E-state index is 10.8. The molecule has 124 valence electrons. The third-order valence-corrected chi connectivity index (χ3v) is 4.06. The van der Waals surface area contributed by atoms with Crippen LogP contribution in [-0.2, 0) is 0 Å². The van der Waals surface area contributed by atoms with Gasteiger partial charge >= 0.3 is 6.98 Å².